The van der Waals surface area contributed by atoms with Crippen LogP contribution in [0.1, 0.15) is 52.9 Å². The zero-order chi connectivity index (χ0) is 17.9. The van der Waals surface area contributed by atoms with Gasteiger partial charge in [0.2, 0.25) is 0 Å². The van der Waals surface area contributed by atoms with Crippen molar-refractivity contribution in [2.75, 3.05) is 46.0 Å². The smallest absolute Gasteiger partial charge is 0.191 e. The molecule has 0 aromatic carbocycles. The van der Waals surface area contributed by atoms with Crippen LogP contribution < -0.4 is 10.6 Å². The van der Waals surface area contributed by atoms with Gasteiger partial charge in [-0.05, 0) is 52.9 Å². The maximum Gasteiger partial charge on any atom is 0.191 e. The molecule has 0 spiro atoms. The Morgan fingerprint density at radius 3 is 2.72 bits per heavy atom. The molecular weight excluding hydrogens is 316 g/mol. The highest BCUT2D eigenvalue weighted by atomic mass is 16.5. The van der Waals surface area contributed by atoms with E-state index in [9.17, 15) is 0 Å². The lowest BCUT2D eigenvalue weighted by atomic mass is 10.0. The molecule has 2 aliphatic heterocycles. The summed E-state index contributed by atoms with van der Waals surface area (Å²) in [5.41, 5.74) is 0. The Hall–Kier alpha value is -0.850. The maximum atomic E-state index is 5.70. The normalized spacial score (nSPS) is 23.4. The lowest BCUT2D eigenvalue weighted by molar-refractivity contribution is 0.0171. The first-order valence-corrected chi connectivity index (χ1v) is 10.2. The lowest BCUT2D eigenvalue weighted by Crippen LogP contribution is -2.49. The molecule has 0 saturated carbocycles. The second-order valence-electron chi connectivity index (χ2n) is 7.37. The monoisotopic (exact) mass is 354 g/mol. The van der Waals surface area contributed by atoms with Crippen LogP contribution in [0.2, 0.25) is 0 Å². The van der Waals surface area contributed by atoms with E-state index in [0.717, 1.165) is 51.7 Å². The van der Waals surface area contributed by atoms with Crippen LogP contribution in [0.25, 0.3) is 0 Å². The van der Waals surface area contributed by atoms with E-state index in [0.29, 0.717) is 18.2 Å². The van der Waals surface area contributed by atoms with E-state index < -0.39 is 0 Å². The van der Waals surface area contributed by atoms with Crippen molar-refractivity contribution in [3.8, 4) is 0 Å². The lowest BCUT2D eigenvalue weighted by Gasteiger charge is -2.35. The minimum absolute atomic E-state index is 0.319. The molecule has 2 saturated heterocycles. The summed E-state index contributed by atoms with van der Waals surface area (Å²) in [6.07, 6.45) is 5.96. The summed E-state index contributed by atoms with van der Waals surface area (Å²) in [7, 11) is 0. The Balaban J connectivity index is 1.60. The van der Waals surface area contributed by atoms with Crippen LogP contribution in [0.15, 0.2) is 4.99 Å². The third kappa shape index (κ3) is 7.92. The topological polar surface area (TPSA) is 58.1 Å². The van der Waals surface area contributed by atoms with Crippen molar-refractivity contribution < 1.29 is 9.47 Å². The van der Waals surface area contributed by atoms with E-state index in [-0.39, 0.29) is 0 Å². The van der Waals surface area contributed by atoms with Crippen LogP contribution >= 0.6 is 0 Å². The van der Waals surface area contributed by atoms with Crippen LogP contribution in [-0.4, -0.2) is 75.0 Å². The fraction of sp³-hybridized carbons (Fsp3) is 0.947. The fourth-order valence-corrected chi connectivity index (χ4v) is 3.42. The number of hydrogen-bond acceptors (Lipinski definition) is 4. The molecule has 0 aromatic rings. The van der Waals surface area contributed by atoms with E-state index in [2.05, 4.69) is 36.3 Å². The van der Waals surface area contributed by atoms with E-state index >= 15 is 0 Å². The second-order valence-corrected chi connectivity index (χ2v) is 7.37. The van der Waals surface area contributed by atoms with E-state index in [1.165, 1.54) is 32.4 Å². The summed E-state index contributed by atoms with van der Waals surface area (Å²) >= 11 is 0. The molecule has 146 valence electrons. The Morgan fingerprint density at radius 2 is 2.08 bits per heavy atom. The van der Waals surface area contributed by atoms with Gasteiger partial charge in [0.25, 0.3) is 0 Å². The molecule has 0 aromatic heterocycles. The molecule has 0 amide bonds. The number of nitrogens with zero attached hydrogens (tertiary/aromatic N) is 2. The minimum atomic E-state index is 0.319. The summed E-state index contributed by atoms with van der Waals surface area (Å²) in [5.74, 6) is 0.949. The molecule has 25 heavy (non-hydrogen) atoms. The zero-order valence-electron chi connectivity index (χ0n) is 16.4. The molecule has 0 aliphatic carbocycles. The molecular formula is C19H38N4O2. The third-order valence-electron chi connectivity index (χ3n) is 4.99. The quantitative estimate of drug-likeness (QED) is 0.377. The van der Waals surface area contributed by atoms with Gasteiger partial charge >= 0.3 is 0 Å². The number of ether oxygens (including phenoxy) is 2. The van der Waals surface area contributed by atoms with E-state index in [1.807, 2.05) is 0 Å². The molecule has 0 radical (unpaired) electrons. The van der Waals surface area contributed by atoms with Crippen molar-refractivity contribution in [2.24, 2.45) is 4.99 Å². The molecule has 0 bridgehead atoms. The Kier molecular flexibility index (Phi) is 9.58. The van der Waals surface area contributed by atoms with Gasteiger partial charge in [0, 0.05) is 51.5 Å². The number of nitrogens with one attached hydrogen (secondary N) is 2. The summed E-state index contributed by atoms with van der Waals surface area (Å²) < 4.78 is 11.3. The third-order valence-corrected chi connectivity index (χ3v) is 4.99. The first kappa shape index (κ1) is 20.5. The highest BCUT2D eigenvalue weighted by Gasteiger charge is 2.21. The highest BCUT2D eigenvalue weighted by Crippen LogP contribution is 2.13. The number of aliphatic imine (C=N–C) groups is 1. The summed E-state index contributed by atoms with van der Waals surface area (Å²) in [6.45, 7) is 13.1. The summed E-state index contributed by atoms with van der Waals surface area (Å²) in [5, 5.41) is 6.97. The predicted octanol–water partition coefficient (Wildman–Crippen LogP) is 2.00. The predicted molar refractivity (Wildman–Crippen MR) is 103 cm³/mol. The fourth-order valence-electron chi connectivity index (χ4n) is 3.42. The Bertz CT molecular complexity index is 376. The number of rotatable bonds is 9. The number of likely N-dealkylation sites (tertiary alicyclic amines) is 1. The zero-order valence-corrected chi connectivity index (χ0v) is 16.4. The van der Waals surface area contributed by atoms with Crippen LogP contribution in [0.4, 0.5) is 0 Å². The molecule has 2 heterocycles. The highest BCUT2D eigenvalue weighted by molar-refractivity contribution is 5.80. The van der Waals surface area contributed by atoms with Gasteiger partial charge in [0.1, 0.15) is 0 Å². The van der Waals surface area contributed by atoms with Gasteiger partial charge in [-0.2, -0.15) is 0 Å². The molecule has 2 N–H and O–H groups in total. The Morgan fingerprint density at radius 1 is 1.28 bits per heavy atom. The van der Waals surface area contributed by atoms with Crippen molar-refractivity contribution in [1.82, 2.24) is 15.5 Å². The van der Waals surface area contributed by atoms with Crippen LogP contribution in [-0.2, 0) is 9.47 Å². The first-order valence-electron chi connectivity index (χ1n) is 10.2. The van der Waals surface area contributed by atoms with Gasteiger partial charge in [-0.3, -0.25) is 4.99 Å². The molecule has 1 unspecified atom stereocenters. The van der Waals surface area contributed by atoms with Crippen LogP contribution in [0.3, 0.4) is 0 Å². The standard InChI is InChI=1S/C19H38N4O2/c1-4-20-19(22-17-8-11-23(12-9-17)16(2)3)21-10-6-13-24-15-18-7-5-14-25-18/h16-18H,4-15H2,1-3H3,(H2,20,21,22). The first-order chi connectivity index (χ1) is 12.2. The van der Waals surface area contributed by atoms with Crippen LogP contribution in [0, 0.1) is 0 Å². The average Bonchev–Trinajstić information content (AvgIpc) is 3.12. The summed E-state index contributed by atoms with van der Waals surface area (Å²) in [6, 6.07) is 1.18. The Labute approximate surface area is 153 Å². The van der Waals surface area contributed by atoms with Gasteiger partial charge in [0.05, 0.1) is 12.7 Å². The number of piperidine rings is 1. The minimum Gasteiger partial charge on any atom is -0.379 e. The average molecular weight is 355 g/mol. The molecule has 6 nitrogen and oxygen atoms in total. The van der Waals surface area contributed by atoms with Gasteiger partial charge in [0.15, 0.2) is 5.96 Å². The second kappa shape index (κ2) is 11.7. The number of hydrogen-bond donors (Lipinski definition) is 2. The van der Waals surface area contributed by atoms with Crippen molar-refractivity contribution >= 4 is 5.96 Å². The maximum absolute atomic E-state index is 5.70. The van der Waals surface area contributed by atoms with Crippen LogP contribution in [0.5, 0.6) is 0 Å². The van der Waals surface area contributed by atoms with Gasteiger partial charge in [-0.25, -0.2) is 0 Å². The van der Waals surface area contributed by atoms with Crippen molar-refractivity contribution in [2.45, 2.75) is 71.1 Å². The number of guanidine groups is 1. The van der Waals surface area contributed by atoms with Gasteiger partial charge in [-0.15, -0.1) is 0 Å². The van der Waals surface area contributed by atoms with E-state index in [1.54, 1.807) is 0 Å². The van der Waals surface area contributed by atoms with Crippen molar-refractivity contribution in [3.05, 3.63) is 0 Å². The van der Waals surface area contributed by atoms with E-state index in [4.69, 9.17) is 14.5 Å². The van der Waals surface area contributed by atoms with Gasteiger partial charge < -0.3 is 25.0 Å². The van der Waals surface area contributed by atoms with Crippen molar-refractivity contribution in [3.63, 3.8) is 0 Å². The molecule has 6 heteroatoms. The van der Waals surface area contributed by atoms with Crippen molar-refractivity contribution in [1.29, 1.82) is 0 Å². The van der Waals surface area contributed by atoms with Gasteiger partial charge in [-0.1, -0.05) is 0 Å². The largest absolute Gasteiger partial charge is 0.379 e. The summed E-state index contributed by atoms with van der Waals surface area (Å²) in [4.78, 5) is 7.25. The molecule has 2 fully saturated rings. The molecule has 2 aliphatic rings. The SMILES string of the molecule is CCNC(=NCCCOCC1CCCO1)NC1CCN(C(C)C)CC1. The molecule has 1 atom stereocenters. The molecule has 2 rings (SSSR count).